The van der Waals surface area contributed by atoms with Gasteiger partial charge in [-0.15, -0.1) is 0 Å². The molecular weight excluding hydrogens is 797 g/mol. The second-order valence-electron chi connectivity index (χ2n) is 14.3. The highest BCUT2D eigenvalue weighted by Crippen LogP contribution is 2.43. The van der Waals surface area contributed by atoms with Gasteiger partial charge in [0.15, 0.2) is 6.10 Å². The highest BCUT2D eigenvalue weighted by molar-refractivity contribution is 7.47. The number of hydrogen-bond acceptors (Lipinski definition) is 10. The summed E-state index contributed by atoms with van der Waals surface area (Å²) in [5, 5.41) is 18.9. The Balaban J connectivity index is 4.66. The van der Waals surface area contributed by atoms with Crippen molar-refractivity contribution in [3.8, 4) is 0 Å². The minimum absolute atomic E-state index is 0.00688. The van der Waals surface area contributed by atoms with Crippen LogP contribution < -0.4 is 5.73 Å². The second-order valence-corrected chi connectivity index (χ2v) is 15.8. The predicted octanol–water partition coefficient (Wildman–Crippen LogP) is 10.8. The van der Waals surface area contributed by atoms with E-state index in [1.54, 1.807) is 6.08 Å². The van der Waals surface area contributed by atoms with Crippen LogP contribution in [0.25, 0.3) is 0 Å². The van der Waals surface area contributed by atoms with Crippen molar-refractivity contribution < 1.29 is 52.6 Å². The van der Waals surface area contributed by atoms with Crippen molar-refractivity contribution in [2.24, 2.45) is 5.73 Å². The number of phosphoric acid groups is 1. The molecule has 0 heterocycles. The lowest BCUT2D eigenvalue weighted by Gasteiger charge is -2.20. The molecule has 13 heteroatoms. The number of allylic oxidation sites excluding steroid dienone is 16. The number of carboxylic acids is 1. The third-order valence-corrected chi connectivity index (χ3v) is 9.54. The number of unbranched alkanes of at least 4 members (excludes halogenated alkanes) is 7. The van der Waals surface area contributed by atoms with E-state index in [0.717, 1.165) is 32.1 Å². The highest BCUT2D eigenvalue weighted by Gasteiger charge is 2.28. The van der Waals surface area contributed by atoms with Gasteiger partial charge in [0.2, 0.25) is 0 Å². The van der Waals surface area contributed by atoms with Gasteiger partial charge in [-0.05, 0) is 83.5 Å². The minimum atomic E-state index is -4.77. The number of aliphatic hydroxyl groups is 1. The van der Waals surface area contributed by atoms with Crippen LogP contribution in [0.2, 0.25) is 0 Å². The number of hydrogen-bond donors (Lipinski definition) is 4. The molecule has 0 aliphatic rings. The summed E-state index contributed by atoms with van der Waals surface area (Å²) in [5.74, 6) is -2.62. The Labute approximate surface area is 366 Å². The lowest BCUT2D eigenvalue weighted by atomic mass is 10.1. The predicted molar refractivity (Wildman–Crippen MR) is 246 cm³/mol. The Morgan fingerprint density at radius 1 is 0.590 bits per heavy atom. The van der Waals surface area contributed by atoms with E-state index in [1.807, 2.05) is 54.7 Å². The van der Waals surface area contributed by atoms with Gasteiger partial charge in [-0.1, -0.05) is 149 Å². The Morgan fingerprint density at radius 2 is 1.08 bits per heavy atom. The van der Waals surface area contributed by atoms with Crippen LogP contribution in [-0.2, 0) is 37.5 Å². The van der Waals surface area contributed by atoms with E-state index in [2.05, 4.69) is 67.0 Å². The van der Waals surface area contributed by atoms with Gasteiger partial charge in [-0.2, -0.15) is 0 Å². The van der Waals surface area contributed by atoms with Crippen LogP contribution in [-0.4, -0.2) is 71.1 Å². The Morgan fingerprint density at radius 3 is 1.64 bits per heavy atom. The summed E-state index contributed by atoms with van der Waals surface area (Å²) >= 11 is 0. The van der Waals surface area contributed by atoms with Crippen molar-refractivity contribution in [2.45, 2.75) is 154 Å². The van der Waals surface area contributed by atoms with Crippen molar-refractivity contribution in [3.05, 3.63) is 109 Å². The van der Waals surface area contributed by atoms with Crippen LogP contribution in [0.1, 0.15) is 136 Å². The van der Waals surface area contributed by atoms with E-state index in [4.69, 9.17) is 24.8 Å². The quantitative estimate of drug-likeness (QED) is 0.0150. The van der Waals surface area contributed by atoms with Crippen molar-refractivity contribution in [1.29, 1.82) is 0 Å². The van der Waals surface area contributed by atoms with E-state index in [-0.39, 0.29) is 12.8 Å². The number of nitrogens with two attached hydrogens (primary N) is 1. The van der Waals surface area contributed by atoms with Gasteiger partial charge < -0.3 is 30.3 Å². The van der Waals surface area contributed by atoms with Gasteiger partial charge in [0.25, 0.3) is 0 Å². The molecule has 0 aliphatic heterocycles. The van der Waals surface area contributed by atoms with Crippen molar-refractivity contribution >= 4 is 25.7 Å². The summed E-state index contributed by atoms with van der Waals surface area (Å²) in [7, 11) is -4.77. The number of ether oxygens (including phenoxy) is 2. The van der Waals surface area contributed by atoms with Gasteiger partial charge in [0.05, 0.1) is 19.3 Å². The number of rotatable bonds is 39. The smallest absolute Gasteiger partial charge is 0.472 e. The Hall–Kier alpha value is -3.90. The molecule has 0 fully saturated rings. The summed E-state index contributed by atoms with van der Waals surface area (Å²) in [4.78, 5) is 45.9. The van der Waals surface area contributed by atoms with Crippen LogP contribution in [0.15, 0.2) is 109 Å². The molecule has 0 saturated carbocycles. The van der Waals surface area contributed by atoms with Gasteiger partial charge in [0.1, 0.15) is 12.6 Å². The normalized spacial score (nSPS) is 15.2. The molecule has 1 unspecified atom stereocenters. The molecule has 0 radical (unpaired) electrons. The van der Waals surface area contributed by atoms with E-state index < -0.39 is 63.8 Å². The number of carboxylic acid groups (broad SMARTS) is 1. The topological polar surface area (TPSA) is 192 Å². The molecule has 61 heavy (non-hydrogen) atoms. The van der Waals surface area contributed by atoms with Gasteiger partial charge >= 0.3 is 25.7 Å². The van der Waals surface area contributed by atoms with Crippen LogP contribution >= 0.6 is 7.82 Å². The fraction of sp³-hybridized carbons (Fsp3) is 0.562. The molecule has 4 atom stereocenters. The molecule has 0 aliphatic carbocycles. The summed E-state index contributed by atoms with van der Waals surface area (Å²) < 4.78 is 32.5. The minimum Gasteiger partial charge on any atom is -0.480 e. The Bertz CT molecular complexity index is 1460. The van der Waals surface area contributed by atoms with Gasteiger partial charge in [-0.25, -0.2) is 4.57 Å². The maximum Gasteiger partial charge on any atom is 0.472 e. The summed E-state index contributed by atoms with van der Waals surface area (Å²) in [6, 6.07) is -1.56. The first kappa shape index (κ1) is 57.1. The molecular formula is C48H76NO11P. The molecule has 0 aromatic rings. The molecule has 0 aromatic heterocycles. The van der Waals surface area contributed by atoms with Crippen LogP contribution in [0, 0.1) is 0 Å². The van der Waals surface area contributed by atoms with Crippen LogP contribution in [0.3, 0.4) is 0 Å². The first-order valence-electron chi connectivity index (χ1n) is 22.0. The fourth-order valence-electron chi connectivity index (χ4n) is 5.06. The zero-order chi connectivity index (χ0) is 45.1. The third kappa shape index (κ3) is 41.2. The van der Waals surface area contributed by atoms with Crippen molar-refractivity contribution in [3.63, 3.8) is 0 Å². The number of aliphatic hydroxyl groups excluding tert-OH is 1. The second kappa shape index (κ2) is 41.5. The zero-order valence-corrected chi connectivity index (χ0v) is 37.7. The SMILES string of the molecule is CCCCC/C=C\C/C=C\C/C=C\C/C=C\C/C=C\CCC(=O)O[C@H](COC(=O)CCC/C=C\C/C=C\C=C\[C@H](O)C/C=C\CCCCC)COP(=O)(O)OC[C@H](N)C(=O)O. The Kier molecular flexibility index (Phi) is 38.8. The number of phosphoric ester groups is 1. The van der Waals surface area contributed by atoms with E-state index in [0.29, 0.717) is 38.5 Å². The van der Waals surface area contributed by atoms with E-state index in [1.165, 1.54) is 38.5 Å². The fourth-order valence-corrected chi connectivity index (χ4v) is 5.84. The third-order valence-electron chi connectivity index (χ3n) is 8.59. The molecule has 0 aromatic carbocycles. The monoisotopic (exact) mass is 874 g/mol. The molecule has 0 rings (SSSR count). The first-order valence-corrected chi connectivity index (χ1v) is 23.5. The molecule has 0 amide bonds. The summed E-state index contributed by atoms with van der Waals surface area (Å²) in [6.07, 6.45) is 50.6. The lowest BCUT2D eigenvalue weighted by Crippen LogP contribution is -2.34. The molecule has 12 nitrogen and oxygen atoms in total. The number of esters is 2. The number of aliphatic carboxylic acids is 1. The number of carbonyl (C=O) groups is 3. The molecule has 5 N–H and O–H groups in total. The molecule has 0 bridgehead atoms. The number of carbonyl (C=O) groups excluding carboxylic acids is 2. The highest BCUT2D eigenvalue weighted by atomic mass is 31.2. The molecule has 0 spiro atoms. The molecule has 0 saturated heterocycles. The van der Waals surface area contributed by atoms with Crippen LogP contribution in [0.4, 0.5) is 0 Å². The first-order chi connectivity index (χ1) is 29.5. The lowest BCUT2D eigenvalue weighted by molar-refractivity contribution is -0.161. The maximum absolute atomic E-state index is 12.6. The van der Waals surface area contributed by atoms with Crippen molar-refractivity contribution in [1.82, 2.24) is 0 Å². The average Bonchev–Trinajstić information content (AvgIpc) is 3.23. The summed E-state index contributed by atoms with van der Waals surface area (Å²) in [6.45, 7) is 2.51. The summed E-state index contributed by atoms with van der Waals surface area (Å²) in [5.41, 5.74) is 5.32. The largest absolute Gasteiger partial charge is 0.480 e. The van der Waals surface area contributed by atoms with Crippen LogP contribution in [0.5, 0.6) is 0 Å². The van der Waals surface area contributed by atoms with E-state index >= 15 is 0 Å². The van der Waals surface area contributed by atoms with Gasteiger partial charge in [0, 0.05) is 12.8 Å². The van der Waals surface area contributed by atoms with Crippen molar-refractivity contribution in [2.75, 3.05) is 19.8 Å². The zero-order valence-electron chi connectivity index (χ0n) is 36.8. The van der Waals surface area contributed by atoms with Gasteiger partial charge in [-0.3, -0.25) is 23.4 Å². The van der Waals surface area contributed by atoms with E-state index in [9.17, 15) is 28.9 Å². The average molecular weight is 874 g/mol. The standard InChI is InChI=1S/C48H76NO11P/c1-3-5-7-9-11-12-13-14-15-16-17-18-19-20-21-22-27-31-35-39-47(52)60-44(41-58-61(55,56)59-42-45(49)48(53)54)40-57-46(51)38-34-30-26-24-23-25-29-33-37-43(50)36-32-28-10-8-6-4-2/h11-12,14-15,17-18,20-21,24-29,31-33,37,43-45,50H,3-10,13,16,19,22-23,30,34-36,38-42,49H2,1-2H3,(H,53,54)(H,55,56)/b12-11-,15-14-,18-17-,21-20-,26-24-,29-25-,31-27-,32-28-,37-33+/t43-,44-,45+/m1/s1. The molecule has 344 valence electrons. The maximum atomic E-state index is 12.6.